The Bertz CT molecular complexity index is 946. The summed E-state index contributed by atoms with van der Waals surface area (Å²) in [6, 6.07) is 6.80. The van der Waals surface area contributed by atoms with Crippen LogP contribution in [0.1, 0.15) is 25.3 Å². The Labute approximate surface area is 169 Å². The molecule has 0 bridgehead atoms. The van der Waals surface area contributed by atoms with E-state index < -0.39 is 27.1 Å². The van der Waals surface area contributed by atoms with Gasteiger partial charge in [-0.05, 0) is 0 Å². The zero-order valence-electron chi connectivity index (χ0n) is 13.9. The number of nitrogens with two attached hydrogens (primary N) is 2. The second-order valence-corrected chi connectivity index (χ2v) is 9.73. The number of aliphatic imine (C=N–C) groups is 1. The van der Waals surface area contributed by atoms with Gasteiger partial charge in [-0.3, -0.25) is 0 Å². The number of rotatable bonds is 4. The maximum absolute atomic E-state index is 11.9. The Morgan fingerprint density at radius 1 is 1.42 bits per heavy atom. The van der Waals surface area contributed by atoms with Crippen molar-refractivity contribution < 1.29 is 26.0 Å². The number of guanidine groups is 1. The fourth-order valence-corrected chi connectivity index (χ4v) is 5.52. The van der Waals surface area contributed by atoms with Crippen LogP contribution < -0.4 is 43.3 Å². The third-order valence-electron chi connectivity index (χ3n) is 4.64. The van der Waals surface area contributed by atoms with Gasteiger partial charge in [-0.25, -0.2) is 0 Å². The average Bonchev–Trinajstić information content (AvgIpc) is 2.82. The Morgan fingerprint density at radius 2 is 2.23 bits per heavy atom. The number of amides is 1. The van der Waals surface area contributed by atoms with E-state index in [0.29, 0.717) is 26.0 Å². The van der Waals surface area contributed by atoms with E-state index in [-0.39, 0.29) is 0 Å². The average molecular weight is 530 g/mol. The van der Waals surface area contributed by atoms with Gasteiger partial charge in [0.25, 0.3) is 0 Å². The summed E-state index contributed by atoms with van der Waals surface area (Å²) in [4.78, 5) is 16.1. The van der Waals surface area contributed by atoms with Crippen LogP contribution in [0.3, 0.4) is 0 Å². The van der Waals surface area contributed by atoms with E-state index in [1.165, 1.54) is 19.3 Å². The van der Waals surface area contributed by atoms with E-state index in [1.54, 1.807) is 0 Å². The molecule has 1 aliphatic heterocycles. The second kappa shape index (κ2) is 7.10. The molecule has 2 aliphatic rings. The van der Waals surface area contributed by atoms with Gasteiger partial charge < -0.3 is 0 Å². The van der Waals surface area contributed by atoms with Crippen LogP contribution in [0.5, 0.6) is 0 Å². The third-order valence-corrected chi connectivity index (χ3v) is 7.62. The Kier molecular flexibility index (Phi) is 4.82. The third kappa shape index (κ3) is 3.29. The number of benzene rings is 1. The van der Waals surface area contributed by atoms with Crippen LogP contribution in [0.2, 0.25) is 0 Å². The first-order chi connectivity index (χ1) is 12.5. The minimum absolute atomic E-state index is 0.293. The van der Waals surface area contributed by atoms with E-state index in [1.807, 2.05) is 6.07 Å². The van der Waals surface area contributed by atoms with Crippen molar-refractivity contribution in [2.75, 3.05) is 9.87 Å². The molecule has 6 N–H and O–H groups in total. The molecular weight excluding hydrogens is 511 g/mol. The van der Waals surface area contributed by atoms with Crippen molar-refractivity contribution in [1.82, 2.24) is 9.88 Å². The molecule has 1 saturated carbocycles. The molecule has 1 aromatic heterocycles. The van der Waals surface area contributed by atoms with Gasteiger partial charge in [-0.15, -0.1) is 0 Å². The molecule has 2 aromatic rings. The summed E-state index contributed by atoms with van der Waals surface area (Å²) in [6.45, 7) is 0. The van der Waals surface area contributed by atoms with Crippen LogP contribution in [0, 0.1) is 0 Å². The monoisotopic (exact) mass is 529 g/mol. The fourth-order valence-electron chi connectivity index (χ4n) is 3.17. The number of alkyl halides is 1. The standard InChI is InChI=1S/C17H19BrIN6O/c18-9-6-12(11-4-5-25(13(11)7-9)10-2-1-3-10)23-16-14(15(20)26)19-8-22-17(21)24-16/h4-7,10,23H,1-3,8H2,(H2,20,26)(H3,21,22,24)/q-1. The molecular formula is C17H19BrIN6O-. The number of nitrogens with one attached hydrogen (secondary N) is 2. The molecule has 1 aromatic carbocycles. The Balaban J connectivity index is 1.77. The number of aromatic nitrogens is 1. The van der Waals surface area contributed by atoms with Crippen molar-refractivity contribution in [3.05, 3.63) is 38.3 Å². The Morgan fingerprint density at radius 3 is 2.92 bits per heavy atom. The quantitative estimate of drug-likeness (QED) is 0.235. The van der Waals surface area contributed by atoms with Crippen LogP contribution in [0.25, 0.3) is 10.9 Å². The van der Waals surface area contributed by atoms with E-state index in [4.69, 9.17) is 11.5 Å². The second-order valence-electron chi connectivity index (χ2n) is 6.29. The van der Waals surface area contributed by atoms with Crippen LogP contribution in [0.4, 0.5) is 5.69 Å². The van der Waals surface area contributed by atoms with Crippen molar-refractivity contribution in [1.29, 1.82) is 0 Å². The van der Waals surface area contributed by atoms with Gasteiger partial charge >= 0.3 is 170 Å². The van der Waals surface area contributed by atoms with Crippen molar-refractivity contribution in [3.8, 4) is 0 Å². The van der Waals surface area contributed by atoms with Crippen LogP contribution in [0.15, 0.2) is 43.3 Å². The number of halogens is 2. The zero-order valence-corrected chi connectivity index (χ0v) is 17.7. The topological polar surface area (TPSA) is 110 Å². The molecule has 138 valence electrons. The summed E-state index contributed by atoms with van der Waals surface area (Å²) in [5.41, 5.74) is 13.5. The molecule has 1 aliphatic carbocycles. The molecule has 0 unspecified atom stereocenters. The van der Waals surface area contributed by atoms with Gasteiger partial charge in [0.15, 0.2) is 0 Å². The summed E-state index contributed by atoms with van der Waals surface area (Å²) in [5, 5.41) is 7.44. The van der Waals surface area contributed by atoms with Gasteiger partial charge in [-0.2, -0.15) is 0 Å². The van der Waals surface area contributed by atoms with E-state index >= 15 is 0 Å². The molecule has 4 rings (SSSR count). The first-order valence-corrected chi connectivity index (χ1v) is 11.7. The predicted octanol–water partition coefficient (Wildman–Crippen LogP) is -0.840. The predicted molar refractivity (Wildman–Crippen MR) is 102 cm³/mol. The summed E-state index contributed by atoms with van der Waals surface area (Å²) in [7, 11) is 0. The SMILES string of the molecule is NC(=O)C1=C(Nc2cc(Br)cc3c2ccn3C2CCC2)NC(N)=NC[I-]1. The Hall–Kier alpha value is -1.75. The molecule has 1 amide bonds. The van der Waals surface area contributed by atoms with Gasteiger partial charge in [0, 0.05) is 0 Å². The first kappa shape index (κ1) is 17.7. The van der Waals surface area contributed by atoms with Crippen LogP contribution in [-0.4, -0.2) is 21.0 Å². The van der Waals surface area contributed by atoms with Gasteiger partial charge in [0.1, 0.15) is 0 Å². The van der Waals surface area contributed by atoms with Crippen molar-refractivity contribution in [2.45, 2.75) is 25.3 Å². The van der Waals surface area contributed by atoms with Crippen LogP contribution in [-0.2, 0) is 4.79 Å². The van der Waals surface area contributed by atoms with Gasteiger partial charge in [0.05, 0.1) is 0 Å². The first-order valence-electron chi connectivity index (χ1n) is 8.30. The molecule has 9 heteroatoms. The summed E-state index contributed by atoms with van der Waals surface area (Å²) < 4.78 is 4.41. The number of hydrogen-bond donors (Lipinski definition) is 4. The molecule has 7 nitrogen and oxygen atoms in total. The number of anilines is 1. The molecule has 1 fully saturated rings. The fraction of sp³-hybridized carbons (Fsp3) is 0.294. The minimum atomic E-state index is -0.640. The molecule has 0 atom stereocenters. The van der Waals surface area contributed by atoms with Gasteiger partial charge in [0.2, 0.25) is 0 Å². The van der Waals surface area contributed by atoms with Gasteiger partial charge in [-0.1, -0.05) is 0 Å². The van der Waals surface area contributed by atoms with E-state index in [0.717, 1.165) is 21.1 Å². The number of primary amides is 1. The molecule has 0 spiro atoms. The number of carbonyl (C=O) groups is 1. The summed E-state index contributed by atoms with van der Waals surface area (Å²) >= 11 is 2.96. The van der Waals surface area contributed by atoms with Crippen molar-refractivity contribution in [3.63, 3.8) is 0 Å². The zero-order chi connectivity index (χ0) is 18.3. The number of carbonyl (C=O) groups excluding carboxylic acids is 1. The van der Waals surface area contributed by atoms with Crippen LogP contribution >= 0.6 is 15.9 Å². The molecule has 0 saturated heterocycles. The maximum atomic E-state index is 11.9. The molecule has 0 radical (unpaired) electrons. The molecule has 2 heterocycles. The summed E-state index contributed by atoms with van der Waals surface area (Å²) in [5.74, 6) is 0.401. The van der Waals surface area contributed by atoms with E-state index in [9.17, 15) is 4.79 Å². The normalized spacial score (nSPS) is 18.4. The number of hydrogen-bond acceptors (Lipinski definition) is 5. The molecule has 26 heavy (non-hydrogen) atoms. The van der Waals surface area contributed by atoms with Crippen molar-refractivity contribution >= 4 is 44.4 Å². The number of fused-ring (bicyclic) bond motifs is 1. The van der Waals surface area contributed by atoms with E-state index in [2.05, 4.69) is 54.5 Å². The van der Waals surface area contributed by atoms with Crippen molar-refractivity contribution in [2.24, 2.45) is 16.5 Å². The number of nitrogens with zero attached hydrogens (tertiary/aromatic N) is 2. The summed E-state index contributed by atoms with van der Waals surface area (Å²) in [6.07, 6.45) is 5.85.